The molecule has 4 amide bonds. The van der Waals surface area contributed by atoms with Crippen molar-refractivity contribution in [2.45, 2.75) is 18.4 Å². The highest BCUT2D eigenvalue weighted by atomic mass is 16.2. The van der Waals surface area contributed by atoms with Gasteiger partial charge in [0.05, 0.1) is 0 Å². The minimum atomic E-state index is -0.875. The summed E-state index contributed by atoms with van der Waals surface area (Å²) in [6, 6.07) is 9.03. The second kappa shape index (κ2) is 5.30. The van der Waals surface area contributed by atoms with Crippen molar-refractivity contribution >= 4 is 28.6 Å². The molecular formula is C17H16N4O3. The molecule has 4 rings (SSSR count). The first-order chi connectivity index (χ1) is 11.6. The summed E-state index contributed by atoms with van der Waals surface area (Å²) >= 11 is 0. The van der Waals surface area contributed by atoms with Crippen molar-refractivity contribution in [3.05, 3.63) is 42.2 Å². The molecule has 7 heteroatoms. The molecule has 0 unspecified atom stereocenters. The smallest absolute Gasteiger partial charge is 0.322 e. The van der Waals surface area contributed by atoms with Gasteiger partial charge in [0, 0.05) is 24.7 Å². The van der Waals surface area contributed by atoms with E-state index in [-0.39, 0.29) is 11.8 Å². The lowest BCUT2D eigenvalue weighted by Crippen LogP contribution is -2.55. The minimum Gasteiger partial charge on any atom is -0.337 e. The minimum absolute atomic E-state index is 0.147. The standard InChI is InChI=1S/C17H16N4O3/c22-14(13-12-4-2-1-3-11(12)5-8-18-13)21-9-6-17(7-10-21)15(23)19-16(24)20-17/h1-5,8H,6-7,9-10H2,(H2,19,20,23,24). The van der Waals surface area contributed by atoms with Crippen molar-refractivity contribution in [1.82, 2.24) is 20.5 Å². The molecule has 2 fully saturated rings. The molecule has 3 heterocycles. The lowest BCUT2D eigenvalue weighted by atomic mass is 9.87. The van der Waals surface area contributed by atoms with Crippen molar-refractivity contribution in [2.24, 2.45) is 0 Å². The highest BCUT2D eigenvalue weighted by Gasteiger charge is 2.48. The number of pyridine rings is 1. The number of aromatic nitrogens is 1. The van der Waals surface area contributed by atoms with Crippen molar-refractivity contribution in [2.75, 3.05) is 13.1 Å². The first-order valence-electron chi connectivity index (χ1n) is 7.86. The molecule has 7 nitrogen and oxygen atoms in total. The van der Waals surface area contributed by atoms with Gasteiger partial charge in [-0.1, -0.05) is 24.3 Å². The maximum Gasteiger partial charge on any atom is 0.322 e. The van der Waals surface area contributed by atoms with E-state index in [1.807, 2.05) is 30.3 Å². The predicted molar refractivity (Wildman–Crippen MR) is 86.3 cm³/mol. The van der Waals surface area contributed by atoms with E-state index in [1.165, 1.54) is 0 Å². The van der Waals surface area contributed by atoms with Crippen LogP contribution in [-0.2, 0) is 4.79 Å². The van der Waals surface area contributed by atoms with Crippen LogP contribution in [0.2, 0.25) is 0 Å². The van der Waals surface area contributed by atoms with E-state index in [2.05, 4.69) is 15.6 Å². The average Bonchev–Trinajstić information content (AvgIpc) is 2.87. The van der Waals surface area contributed by atoms with Gasteiger partial charge in [0.1, 0.15) is 11.2 Å². The Morgan fingerprint density at radius 2 is 1.88 bits per heavy atom. The number of amides is 4. The number of carbonyl (C=O) groups excluding carboxylic acids is 3. The van der Waals surface area contributed by atoms with E-state index in [4.69, 9.17) is 0 Å². The molecule has 0 bridgehead atoms. The topological polar surface area (TPSA) is 91.4 Å². The van der Waals surface area contributed by atoms with Crippen LogP contribution in [0.15, 0.2) is 36.5 Å². The second-order valence-corrected chi connectivity index (χ2v) is 6.16. The van der Waals surface area contributed by atoms with Gasteiger partial charge >= 0.3 is 6.03 Å². The summed E-state index contributed by atoms with van der Waals surface area (Å²) in [6.07, 6.45) is 2.44. The fourth-order valence-electron chi connectivity index (χ4n) is 3.41. The zero-order valence-corrected chi connectivity index (χ0v) is 12.9. The van der Waals surface area contributed by atoms with E-state index < -0.39 is 11.6 Å². The molecule has 1 aromatic heterocycles. The summed E-state index contributed by atoms with van der Waals surface area (Å²) in [5.41, 5.74) is -0.455. The van der Waals surface area contributed by atoms with Gasteiger partial charge in [0.15, 0.2) is 0 Å². The number of hydrogen-bond acceptors (Lipinski definition) is 4. The fourth-order valence-corrected chi connectivity index (χ4v) is 3.41. The molecule has 2 aliphatic rings. The van der Waals surface area contributed by atoms with E-state index in [0.29, 0.717) is 31.6 Å². The van der Waals surface area contributed by atoms with Gasteiger partial charge in [0.2, 0.25) is 0 Å². The monoisotopic (exact) mass is 324 g/mol. The van der Waals surface area contributed by atoms with E-state index in [1.54, 1.807) is 11.1 Å². The molecule has 0 saturated carbocycles. The Balaban J connectivity index is 1.56. The molecular weight excluding hydrogens is 308 g/mol. The van der Waals surface area contributed by atoms with Crippen LogP contribution in [0.25, 0.3) is 10.8 Å². The normalized spacial score (nSPS) is 19.4. The number of rotatable bonds is 1. The Labute approximate surface area is 138 Å². The van der Waals surface area contributed by atoms with Gasteiger partial charge in [-0.05, 0) is 24.3 Å². The predicted octanol–water partition coefficient (Wildman–Crippen LogP) is 1.05. The zero-order valence-electron chi connectivity index (χ0n) is 12.9. The number of hydrogen-bond donors (Lipinski definition) is 2. The maximum absolute atomic E-state index is 12.8. The van der Waals surface area contributed by atoms with E-state index in [9.17, 15) is 14.4 Å². The van der Waals surface area contributed by atoms with Gasteiger partial charge in [-0.25, -0.2) is 4.79 Å². The summed E-state index contributed by atoms with van der Waals surface area (Å²) in [5, 5.41) is 6.75. The van der Waals surface area contributed by atoms with Gasteiger partial charge < -0.3 is 10.2 Å². The first kappa shape index (κ1) is 14.6. The number of nitrogens with zero attached hydrogens (tertiary/aromatic N) is 2. The van der Waals surface area contributed by atoms with Crippen molar-refractivity contribution in [1.29, 1.82) is 0 Å². The number of urea groups is 1. The van der Waals surface area contributed by atoms with Crippen LogP contribution >= 0.6 is 0 Å². The third-order valence-electron chi connectivity index (χ3n) is 4.79. The van der Waals surface area contributed by atoms with Crippen LogP contribution in [0.4, 0.5) is 4.79 Å². The molecule has 0 radical (unpaired) electrons. The van der Waals surface area contributed by atoms with Crippen molar-refractivity contribution in [3.8, 4) is 0 Å². The summed E-state index contributed by atoms with van der Waals surface area (Å²) in [7, 11) is 0. The van der Waals surface area contributed by atoms with Gasteiger partial charge in [0.25, 0.3) is 11.8 Å². The third-order valence-corrected chi connectivity index (χ3v) is 4.79. The van der Waals surface area contributed by atoms with Crippen LogP contribution in [0, 0.1) is 0 Å². The Morgan fingerprint density at radius 1 is 1.12 bits per heavy atom. The molecule has 1 spiro atoms. The molecule has 1 aromatic carbocycles. The summed E-state index contributed by atoms with van der Waals surface area (Å²) < 4.78 is 0. The highest BCUT2D eigenvalue weighted by Crippen LogP contribution is 2.27. The highest BCUT2D eigenvalue weighted by molar-refractivity contribution is 6.08. The van der Waals surface area contributed by atoms with Gasteiger partial charge in [-0.15, -0.1) is 0 Å². The number of nitrogens with one attached hydrogen (secondary N) is 2. The Hall–Kier alpha value is -2.96. The number of fused-ring (bicyclic) bond motifs is 1. The third kappa shape index (κ3) is 2.20. The van der Waals surface area contributed by atoms with Crippen LogP contribution in [-0.4, -0.2) is 46.4 Å². The molecule has 0 aliphatic carbocycles. The number of likely N-dealkylation sites (tertiary alicyclic amines) is 1. The number of imide groups is 1. The summed E-state index contributed by atoms with van der Waals surface area (Å²) in [5.74, 6) is -0.450. The lowest BCUT2D eigenvalue weighted by Gasteiger charge is -2.36. The second-order valence-electron chi connectivity index (χ2n) is 6.16. The first-order valence-corrected chi connectivity index (χ1v) is 7.86. The molecule has 24 heavy (non-hydrogen) atoms. The largest absolute Gasteiger partial charge is 0.337 e. The fraction of sp³-hybridized carbons (Fsp3) is 0.294. The molecule has 0 atom stereocenters. The van der Waals surface area contributed by atoms with Crippen LogP contribution in [0.3, 0.4) is 0 Å². The number of carbonyl (C=O) groups is 3. The quantitative estimate of drug-likeness (QED) is 0.767. The SMILES string of the molecule is O=C1NC(=O)C2(CCN(C(=O)c3nccc4ccccc34)CC2)N1. The maximum atomic E-state index is 12.8. The molecule has 2 saturated heterocycles. The van der Waals surface area contributed by atoms with Crippen LogP contribution < -0.4 is 10.6 Å². The van der Waals surface area contributed by atoms with Crippen molar-refractivity contribution < 1.29 is 14.4 Å². The average molecular weight is 324 g/mol. The number of piperidine rings is 1. The molecule has 122 valence electrons. The van der Waals surface area contributed by atoms with Gasteiger partial charge in [-0.3, -0.25) is 19.9 Å². The molecule has 2 N–H and O–H groups in total. The van der Waals surface area contributed by atoms with E-state index in [0.717, 1.165) is 10.8 Å². The lowest BCUT2D eigenvalue weighted by molar-refractivity contribution is -0.125. The number of benzene rings is 1. The van der Waals surface area contributed by atoms with Crippen molar-refractivity contribution in [3.63, 3.8) is 0 Å². The zero-order chi connectivity index (χ0) is 16.7. The van der Waals surface area contributed by atoms with Gasteiger partial charge in [-0.2, -0.15) is 0 Å². The van der Waals surface area contributed by atoms with Crippen LogP contribution in [0.5, 0.6) is 0 Å². The molecule has 2 aliphatic heterocycles. The summed E-state index contributed by atoms with van der Waals surface area (Å²) in [4.78, 5) is 42.1. The molecule has 2 aromatic rings. The Kier molecular flexibility index (Phi) is 3.23. The van der Waals surface area contributed by atoms with E-state index >= 15 is 0 Å². The summed E-state index contributed by atoms with van der Waals surface area (Å²) in [6.45, 7) is 0.800. The Bertz CT molecular complexity index is 851. The van der Waals surface area contributed by atoms with Crippen LogP contribution in [0.1, 0.15) is 23.3 Å². The Morgan fingerprint density at radius 3 is 2.58 bits per heavy atom.